The van der Waals surface area contributed by atoms with Crippen molar-refractivity contribution in [3.8, 4) is 0 Å². The average Bonchev–Trinajstić information content (AvgIpc) is 3.39. The first-order chi connectivity index (χ1) is 17.8. The number of anilines is 3. The van der Waals surface area contributed by atoms with E-state index in [4.69, 9.17) is 4.98 Å². The second kappa shape index (κ2) is 11.5. The van der Waals surface area contributed by atoms with E-state index in [1.165, 1.54) is 38.3 Å². The van der Waals surface area contributed by atoms with Gasteiger partial charge >= 0.3 is 6.18 Å². The zero-order valence-corrected chi connectivity index (χ0v) is 21.2. The minimum Gasteiger partial charge on any atom is -0.393 e. The molecule has 3 fully saturated rings. The molecule has 7 nitrogen and oxygen atoms in total. The molecule has 0 amide bonds. The maximum absolute atomic E-state index is 13.1. The van der Waals surface area contributed by atoms with E-state index >= 15 is 0 Å². The molecule has 3 heterocycles. The third-order valence-electron chi connectivity index (χ3n) is 8.18. The monoisotopic (exact) mass is 518 g/mol. The van der Waals surface area contributed by atoms with Gasteiger partial charge in [0.2, 0.25) is 5.95 Å². The van der Waals surface area contributed by atoms with Crippen LogP contribution in [0, 0.1) is 5.92 Å². The normalized spacial score (nSPS) is 24.3. The number of nitrogens with one attached hydrogen (secondary N) is 2. The molecule has 37 heavy (non-hydrogen) atoms. The summed E-state index contributed by atoms with van der Waals surface area (Å²) in [5.41, 5.74) is 0.350. The van der Waals surface area contributed by atoms with Crippen LogP contribution in [0.5, 0.6) is 0 Å². The second-order valence-electron chi connectivity index (χ2n) is 10.9. The van der Waals surface area contributed by atoms with Gasteiger partial charge in [0.05, 0.1) is 6.10 Å². The Balaban J connectivity index is 1.31. The molecular formula is C27H37F3N6O. The molecule has 0 atom stereocenters. The second-order valence-corrected chi connectivity index (χ2v) is 10.9. The van der Waals surface area contributed by atoms with E-state index in [-0.39, 0.29) is 23.8 Å². The van der Waals surface area contributed by atoms with Crippen molar-refractivity contribution in [1.82, 2.24) is 19.9 Å². The Labute approximate surface area is 216 Å². The Morgan fingerprint density at radius 1 is 0.973 bits per heavy atom. The fourth-order valence-electron chi connectivity index (χ4n) is 6.06. The number of piperidine rings is 1. The summed E-state index contributed by atoms with van der Waals surface area (Å²) in [7, 11) is 0. The Morgan fingerprint density at radius 3 is 2.41 bits per heavy atom. The lowest BCUT2D eigenvalue weighted by atomic mass is 9.89. The molecule has 2 saturated carbocycles. The van der Waals surface area contributed by atoms with Crippen LogP contribution < -0.4 is 10.6 Å². The summed E-state index contributed by atoms with van der Waals surface area (Å²) in [6.45, 7) is 3.33. The Morgan fingerprint density at radius 2 is 1.70 bits per heavy atom. The number of aliphatic hydroxyl groups is 1. The van der Waals surface area contributed by atoms with Gasteiger partial charge in [0.1, 0.15) is 11.5 Å². The number of hydrogen-bond donors (Lipinski definition) is 3. The van der Waals surface area contributed by atoms with Crippen molar-refractivity contribution in [2.75, 3.05) is 30.3 Å². The molecule has 0 radical (unpaired) electrons. The third-order valence-corrected chi connectivity index (χ3v) is 8.18. The van der Waals surface area contributed by atoms with Crippen LogP contribution in [0.1, 0.15) is 81.4 Å². The number of alkyl halides is 3. The third kappa shape index (κ3) is 6.90. The molecule has 1 aliphatic heterocycles. The van der Waals surface area contributed by atoms with E-state index < -0.39 is 11.9 Å². The number of likely N-dealkylation sites (tertiary alicyclic amines) is 1. The molecule has 0 unspecified atom stereocenters. The van der Waals surface area contributed by atoms with Crippen molar-refractivity contribution < 1.29 is 18.3 Å². The SMILES string of the molecule is O[C@H]1CC[C@H](Nc2nc(Nc3ccnc(C(F)(F)F)c3)ncc2C2CCN(CC3CCCC3)CC2)CC1. The van der Waals surface area contributed by atoms with Gasteiger partial charge in [0, 0.05) is 36.2 Å². The first-order valence-corrected chi connectivity index (χ1v) is 13.7. The summed E-state index contributed by atoms with van der Waals surface area (Å²) in [5, 5.41) is 16.4. The number of hydrogen-bond acceptors (Lipinski definition) is 7. The molecule has 202 valence electrons. The fourth-order valence-corrected chi connectivity index (χ4v) is 6.06. The highest BCUT2D eigenvalue weighted by molar-refractivity contribution is 5.57. The molecule has 2 aromatic rings. The maximum Gasteiger partial charge on any atom is 0.433 e. The number of aliphatic hydroxyl groups excluding tert-OH is 1. The fraction of sp³-hybridized carbons (Fsp3) is 0.667. The molecule has 0 spiro atoms. The molecule has 0 aromatic carbocycles. The lowest BCUT2D eigenvalue weighted by Crippen LogP contribution is -2.36. The average molecular weight is 519 g/mol. The number of halogens is 3. The van der Waals surface area contributed by atoms with E-state index in [0.717, 1.165) is 81.2 Å². The van der Waals surface area contributed by atoms with Crippen molar-refractivity contribution >= 4 is 17.5 Å². The number of nitrogens with zero attached hydrogens (tertiary/aromatic N) is 4. The maximum atomic E-state index is 13.1. The van der Waals surface area contributed by atoms with Gasteiger partial charge in [0.15, 0.2) is 0 Å². The summed E-state index contributed by atoms with van der Waals surface area (Å²) >= 11 is 0. The molecule has 2 aliphatic carbocycles. The Hall–Kier alpha value is -2.46. The standard InChI is InChI=1S/C27H37F3N6O/c28-27(29,30)24-15-21(9-12-31-24)34-26-32-16-23(25(35-26)33-20-5-7-22(37)8-6-20)19-10-13-36(14-11-19)17-18-3-1-2-4-18/h9,12,15-16,18-20,22,37H,1-8,10-11,13-14,17H2,(H2,31,32,33,34,35)/t20-,22-. The van der Waals surface area contributed by atoms with Crippen LogP contribution >= 0.6 is 0 Å². The van der Waals surface area contributed by atoms with Gasteiger partial charge in [-0.05, 0) is 88.4 Å². The van der Waals surface area contributed by atoms with Crippen molar-refractivity contribution in [2.24, 2.45) is 5.92 Å². The quantitative estimate of drug-likeness (QED) is 0.432. The Bertz CT molecular complexity index is 1030. The topological polar surface area (TPSA) is 86.2 Å². The van der Waals surface area contributed by atoms with Crippen molar-refractivity contribution in [1.29, 1.82) is 0 Å². The lowest BCUT2D eigenvalue weighted by molar-refractivity contribution is -0.141. The number of rotatable bonds is 7. The highest BCUT2D eigenvalue weighted by atomic mass is 19.4. The van der Waals surface area contributed by atoms with Crippen molar-refractivity contribution in [3.63, 3.8) is 0 Å². The molecular weight excluding hydrogens is 481 g/mol. The molecule has 0 bridgehead atoms. The predicted octanol–water partition coefficient (Wildman–Crippen LogP) is 5.72. The van der Waals surface area contributed by atoms with Crippen LogP contribution in [0.3, 0.4) is 0 Å². The number of aromatic nitrogens is 3. The molecule has 3 aliphatic rings. The van der Waals surface area contributed by atoms with Crippen LogP contribution in [0.2, 0.25) is 0 Å². The molecule has 5 rings (SSSR count). The summed E-state index contributed by atoms with van der Waals surface area (Å²) in [5.74, 6) is 2.18. The zero-order chi connectivity index (χ0) is 25.8. The zero-order valence-electron chi connectivity index (χ0n) is 21.2. The summed E-state index contributed by atoms with van der Waals surface area (Å²) in [6.07, 6.45) is 8.92. The molecule has 10 heteroatoms. The molecule has 3 N–H and O–H groups in total. The van der Waals surface area contributed by atoms with E-state index in [2.05, 4.69) is 25.5 Å². The first kappa shape index (κ1) is 26.2. The minimum atomic E-state index is -4.52. The van der Waals surface area contributed by atoms with Gasteiger partial charge in [-0.25, -0.2) is 4.98 Å². The van der Waals surface area contributed by atoms with Gasteiger partial charge in [-0.15, -0.1) is 0 Å². The van der Waals surface area contributed by atoms with Gasteiger partial charge < -0.3 is 20.6 Å². The largest absolute Gasteiger partial charge is 0.433 e. The highest BCUT2D eigenvalue weighted by Crippen LogP contribution is 2.36. The van der Waals surface area contributed by atoms with Crippen LogP contribution in [-0.2, 0) is 6.18 Å². The van der Waals surface area contributed by atoms with Crippen molar-refractivity contribution in [3.05, 3.63) is 35.8 Å². The number of pyridine rings is 1. The minimum absolute atomic E-state index is 0.199. The summed E-state index contributed by atoms with van der Waals surface area (Å²) < 4.78 is 39.3. The first-order valence-electron chi connectivity index (χ1n) is 13.7. The van der Waals surface area contributed by atoms with E-state index in [1.54, 1.807) is 0 Å². The molecule has 1 saturated heterocycles. The van der Waals surface area contributed by atoms with E-state index in [9.17, 15) is 18.3 Å². The van der Waals surface area contributed by atoms with Crippen LogP contribution in [-0.4, -0.2) is 56.7 Å². The van der Waals surface area contributed by atoms with Gasteiger partial charge in [-0.3, -0.25) is 4.98 Å². The molecule has 2 aromatic heterocycles. The van der Waals surface area contributed by atoms with Crippen LogP contribution in [0.4, 0.5) is 30.6 Å². The van der Waals surface area contributed by atoms with Crippen LogP contribution in [0.15, 0.2) is 24.5 Å². The van der Waals surface area contributed by atoms with E-state index in [0.29, 0.717) is 5.92 Å². The highest BCUT2D eigenvalue weighted by Gasteiger charge is 2.33. The van der Waals surface area contributed by atoms with Gasteiger partial charge in [-0.2, -0.15) is 18.2 Å². The van der Waals surface area contributed by atoms with Crippen molar-refractivity contribution in [2.45, 2.75) is 88.4 Å². The lowest BCUT2D eigenvalue weighted by Gasteiger charge is -2.34. The van der Waals surface area contributed by atoms with Gasteiger partial charge in [-0.1, -0.05) is 12.8 Å². The van der Waals surface area contributed by atoms with Crippen LogP contribution in [0.25, 0.3) is 0 Å². The summed E-state index contributed by atoms with van der Waals surface area (Å²) in [4.78, 5) is 15.3. The Kier molecular flexibility index (Phi) is 8.14. The summed E-state index contributed by atoms with van der Waals surface area (Å²) in [6, 6.07) is 2.64. The smallest absolute Gasteiger partial charge is 0.393 e. The predicted molar refractivity (Wildman–Crippen MR) is 137 cm³/mol. The van der Waals surface area contributed by atoms with E-state index in [1.807, 2.05) is 6.20 Å². The van der Waals surface area contributed by atoms with Gasteiger partial charge in [0.25, 0.3) is 0 Å².